The van der Waals surface area contributed by atoms with Gasteiger partial charge in [0.2, 0.25) is 0 Å². The Morgan fingerprint density at radius 3 is 2.60 bits per heavy atom. The van der Waals surface area contributed by atoms with Crippen LogP contribution in [0, 0.1) is 19.5 Å². The smallest absolute Gasteiger partial charge is 0.282 e. The van der Waals surface area contributed by atoms with Gasteiger partial charge in [0.15, 0.2) is 0 Å². The first-order valence-corrected chi connectivity index (χ1v) is 6.56. The topological polar surface area (TPSA) is 72.2 Å². The lowest BCUT2D eigenvalue weighted by Crippen LogP contribution is -2.15. The average molecular weight is 386 g/mol. The van der Waals surface area contributed by atoms with Gasteiger partial charge in [0.25, 0.3) is 11.6 Å². The average Bonchev–Trinajstić information content (AvgIpc) is 2.40. The molecule has 2 aromatic carbocycles. The van der Waals surface area contributed by atoms with Crippen LogP contribution in [-0.4, -0.2) is 10.8 Å². The Morgan fingerprint density at radius 1 is 1.25 bits per heavy atom. The minimum atomic E-state index is -0.722. The van der Waals surface area contributed by atoms with E-state index >= 15 is 0 Å². The van der Waals surface area contributed by atoms with Crippen LogP contribution in [0.4, 0.5) is 15.8 Å². The van der Waals surface area contributed by atoms with Crippen LogP contribution in [0.25, 0.3) is 0 Å². The van der Waals surface area contributed by atoms with Crippen LogP contribution >= 0.6 is 22.6 Å². The van der Waals surface area contributed by atoms with Crippen molar-refractivity contribution >= 4 is 39.9 Å². The van der Waals surface area contributed by atoms with Gasteiger partial charge >= 0.3 is 0 Å². The van der Waals surface area contributed by atoms with Crippen molar-refractivity contribution in [3.63, 3.8) is 0 Å². The number of nitro benzene ring substituents is 1. The lowest BCUT2D eigenvalue weighted by atomic mass is 10.1. The number of hydrogen-bond donors (Lipinski definition) is 1. The molecule has 0 fully saturated rings. The van der Waals surface area contributed by atoms with E-state index < -0.39 is 22.3 Å². The summed E-state index contributed by atoms with van der Waals surface area (Å²) in [5.74, 6) is -1.43. The highest BCUT2D eigenvalue weighted by Crippen LogP contribution is 2.23. The van der Waals surface area contributed by atoms with E-state index in [4.69, 9.17) is 0 Å². The van der Waals surface area contributed by atoms with Crippen molar-refractivity contribution < 1.29 is 14.1 Å². The summed E-state index contributed by atoms with van der Waals surface area (Å²) in [6, 6.07) is 9.71. The van der Waals surface area contributed by atoms with Crippen molar-refractivity contribution in [2.75, 3.05) is 5.32 Å². The number of hydrogen-bond acceptors (Lipinski definition) is 3. The van der Waals surface area contributed by atoms with E-state index in [9.17, 15) is 19.3 Å². The van der Waals surface area contributed by atoms with Gasteiger partial charge in [-0.3, -0.25) is 14.9 Å². The van der Waals surface area contributed by atoms with Crippen LogP contribution in [0.5, 0.6) is 0 Å². The lowest BCUT2D eigenvalue weighted by molar-refractivity contribution is -0.385. The minimum absolute atomic E-state index is 0.311. The van der Waals surface area contributed by atoms with Crippen molar-refractivity contribution in [1.29, 1.82) is 0 Å². The fourth-order valence-corrected chi connectivity index (χ4v) is 2.12. The van der Waals surface area contributed by atoms with E-state index in [0.29, 0.717) is 5.69 Å². The molecule has 0 atom stereocenters. The van der Waals surface area contributed by atoms with E-state index in [1.165, 1.54) is 0 Å². The molecule has 0 saturated carbocycles. The molecule has 0 radical (unpaired) electrons. The third kappa shape index (κ3) is 3.10. The fraction of sp³-hybridized carbons (Fsp3) is 0. The van der Waals surface area contributed by atoms with Gasteiger partial charge < -0.3 is 5.32 Å². The number of nitrogens with one attached hydrogen (secondary N) is 1. The van der Waals surface area contributed by atoms with Crippen LogP contribution < -0.4 is 5.32 Å². The molecular formula is C13H8FIN2O3. The third-order valence-corrected chi connectivity index (χ3v) is 3.46. The monoisotopic (exact) mass is 386 g/mol. The highest BCUT2D eigenvalue weighted by atomic mass is 127. The number of carbonyl (C=O) groups is 1. The van der Waals surface area contributed by atoms with Gasteiger partial charge in [-0.1, -0.05) is 12.1 Å². The van der Waals surface area contributed by atoms with Crippen LogP contribution in [0.15, 0.2) is 42.5 Å². The molecular weight excluding hydrogens is 378 g/mol. The van der Waals surface area contributed by atoms with Crippen molar-refractivity contribution in [3.05, 3.63) is 67.5 Å². The summed E-state index contributed by atoms with van der Waals surface area (Å²) >= 11 is 2.02. The molecule has 0 heterocycles. The van der Waals surface area contributed by atoms with Crippen LogP contribution in [-0.2, 0) is 0 Å². The maximum atomic E-state index is 13.2. The zero-order valence-corrected chi connectivity index (χ0v) is 12.1. The molecule has 0 spiro atoms. The second-order valence-electron chi connectivity index (χ2n) is 3.85. The number of amides is 1. The molecule has 0 unspecified atom stereocenters. The first kappa shape index (κ1) is 14.4. The van der Waals surface area contributed by atoms with Gasteiger partial charge in [0.05, 0.1) is 10.6 Å². The number of nitrogens with zero attached hydrogens (tertiary/aromatic N) is 1. The molecule has 102 valence electrons. The number of halogens is 2. The Kier molecular flexibility index (Phi) is 4.28. The predicted octanol–water partition coefficient (Wildman–Crippen LogP) is 3.59. The fourth-order valence-electron chi connectivity index (χ4n) is 1.60. The number of carbonyl (C=O) groups excluding carboxylic acids is 1. The first-order valence-electron chi connectivity index (χ1n) is 5.49. The van der Waals surface area contributed by atoms with Gasteiger partial charge in [-0.2, -0.15) is 0 Å². The normalized spacial score (nSPS) is 10.1. The van der Waals surface area contributed by atoms with Crippen molar-refractivity contribution in [1.82, 2.24) is 0 Å². The Morgan fingerprint density at radius 2 is 1.95 bits per heavy atom. The maximum absolute atomic E-state index is 13.2. The molecule has 0 saturated heterocycles. The van der Waals surface area contributed by atoms with E-state index in [1.54, 1.807) is 24.3 Å². The quantitative estimate of drug-likeness (QED) is 0.498. The second kappa shape index (κ2) is 5.95. The van der Waals surface area contributed by atoms with Crippen molar-refractivity contribution in [2.24, 2.45) is 0 Å². The molecule has 7 heteroatoms. The molecule has 2 aromatic rings. The van der Waals surface area contributed by atoms with E-state index in [2.05, 4.69) is 5.32 Å². The summed E-state index contributed by atoms with van der Waals surface area (Å²) in [6.07, 6.45) is 0. The number of para-hydroxylation sites is 1. The minimum Gasteiger partial charge on any atom is -0.321 e. The third-order valence-electron chi connectivity index (χ3n) is 2.52. The summed E-state index contributed by atoms with van der Waals surface area (Å²) in [5, 5.41) is 13.4. The van der Waals surface area contributed by atoms with Gasteiger partial charge in [-0.25, -0.2) is 4.39 Å². The second-order valence-corrected chi connectivity index (χ2v) is 5.01. The SMILES string of the molecule is O=C(Nc1ccccc1I)c1cc(F)ccc1[N+](=O)[O-]. The highest BCUT2D eigenvalue weighted by molar-refractivity contribution is 14.1. The standard InChI is InChI=1S/C13H8FIN2O3/c14-8-5-6-12(17(19)20)9(7-8)13(18)16-11-4-2-1-3-10(11)15/h1-7H,(H,16,18). The number of nitro groups is 1. The van der Waals surface area contributed by atoms with Gasteiger partial charge in [-0.05, 0) is 46.9 Å². The van der Waals surface area contributed by atoms with Gasteiger partial charge in [-0.15, -0.1) is 0 Å². The molecule has 1 N–H and O–H groups in total. The highest BCUT2D eigenvalue weighted by Gasteiger charge is 2.21. The first-order chi connectivity index (χ1) is 9.49. The molecule has 0 aliphatic heterocycles. The van der Waals surface area contributed by atoms with Crippen LogP contribution in [0.3, 0.4) is 0 Å². The van der Waals surface area contributed by atoms with E-state index in [1.807, 2.05) is 22.6 Å². The summed E-state index contributed by atoms with van der Waals surface area (Å²) in [6.45, 7) is 0. The summed E-state index contributed by atoms with van der Waals surface area (Å²) in [7, 11) is 0. The molecule has 0 bridgehead atoms. The van der Waals surface area contributed by atoms with Crippen molar-refractivity contribution in [2.45, 2.75) is 0 Å². The largest absolute Gasteiger partial charge is 0.321 e. The maximum Gasteiger partial charge on any atom is 0.282 e. The predicted molar refractivity (Wildman–Crippen MR) is 80.2 cm³/mol. The summed E-state index contributed by atoms with van der Waals surface area (Å²) in [5.41, 5.74) is -0.235. The Balaban J connectivity index is 2.37. The van der Waals surface area contributed by atoms with Gasteiger partial charge in [0.1, 0.15) is 11.4 Å². The molecule has 2 rings (SSSR count). The van der Waals surface area contributed by atoms with Gasteiger partial charge in [0, 0.05) is 9.64 Å². The number of benzene rings is 2. The van der Waals surface area contributed by atoms with Crippen molar-refractivity contribution in [3.8, 4) is 0 Å². The number of rotatable bonds is 3. The number of anilines is 1. The zero-order valence-electron chi connectivity index (χ0n) is 9.97. The Bertz CT molecular complexity index is 691. The summed E-state index contributed by atoms with van der Waals surface area (Å²) < 4.78 is 14.0. The molecule has 5 nitrogen and oxygen atoms in total. The molecule has 1 amide bonds. The zero-order chi connectivity index (χ0) is 14.7. The van der Waals surface area contributed by atoms with Crippen LogP contribution in [0.1, 0.15) is 10.4 Å². The summed E-state index contributed by atoms with van der Waals surface area (Å²) in [4.78, 5) is 22.2. The Hall–Kier alpha value is -2.03. The molecule has 20 heavy (non-hydrogen) atoms. The lowest BCUT2D eigenvalue weighted by Gasteiger charge is -2.07. The van der Waals surface area contributed by atoms with E-state index in [0.717, 1.165) is 21.8 Å². The molecule has 0 aliphatic rings. The van der Waals surface area contributed by atoms with Crippen LogP contribution in [0.2, 0.25) is 0 Å². The van der Waals surface area contributed by atoms with E-state index in [-0.39, 0.29) is 5.56 Å². The Labute approximate surface area is 127 Å². The molecule has 0 aromatic heterocycles. The molecule has 0 aliphatic carbocycles.